The molecule has 0 aromatic carbocycles. The van der Waals surface area contributed by atoms with E-state index < -0.39 is 5.60 Å². The molecule has 1 amide bonds. The minimum atomic E-state index is -1.14. The number of amides is 1. The van der Waals surface area contributed by atoms with Crippen LogP contribution in [0, 0.1) is 13.8 Å². The topological polar surface area (TPSA) is 71.7 Å². The van der Waals surface area contributed by atoms with Crippen molar-refractivity contribution in [2.45, 2.75) is 45.3 Å². The first-order chi connectivity index (χ1) is 8.90. The summed E-state index contributed by atoms with van der Waals surface area (Å²) in [6.07, 6.45) is 1.29. The molecule has 2 unspecified atom stereocenters. The van der Waals surface area contributed by atoms with Gasteiger partial charge in [0.1, 0.15) is 23.2 Å². The van der Waals surface area contributed by atoms with Crippen molar-refractivity contribution in [3.8, 4) is 0 Å². The molecule has 1 fully saturated rings. The van der Waals surface area contributed by atoms with Crippen LogP contribution >= 0.6 is 0 Å². The molecule has 0 saturated carbocycles. The highest BCUT2D eigenvalue weighted by Crippen LogP contribution is 2.26. The minimum absolute atomic E-state index is 0.144. The standard InChI is InChI=1S/C14H21NO4/c1-9-7-11(10(2)19-9)14(3,17)8-15-13(16)12-5-4-6-18-12/h7,12,17H,4-6,8H2,1-3H3,(H,15,16). The Bertz CT molecular complexity index is 458. The summed E-state index contributed by atoms with van der Waals surface area (Å²) >= 11 is 0. The Kier molecular flexibility index (Phi) is 3.96. The second-order valence-corrected chi connectivity index (χ2v) is 5.32. The van der Waals surface area contributed by atoms with Crippen molar-refractivity contribution >= 4 is 5.91 Å². The fraction of sp³-hybridized carbons (Fsp3) is 0.643. The van der Waals surface area contributed by atoms with Crippen LogP contribution in [0.2, 0.25) is 0 Å². The molecule has 0 spiro atoms. The highest BCUT2D eigenvalue weighted by atomic mass is 16.5. The minimum Gasteiger partial charge on any atom is -0.466 e. The highest BCUT2D eigenvalue weighted by molar-refractivity contribution is 5.81. The number of aryl methyl sites for hydroxylation is 2. The fourth-order valence-corrected chi connectivity index (χ4v) is 2.42. The largest absolute Gasteiger partial charge is 0.466 e. The van der Waals surface area contributed by atoms with Crippen molar-refractivity contribution in [3.05, 3.63) is 23.2 Å². The van der Waals surface area contributed by atoms with E-state index in [-0.39, 0.29) is 18.6 Å². The van der Waals surface area contributed by atoms with E-state index in [1.54, 1.807) is 19.9 Å². The van der Waals surface area contributed by atoms with Crippen LogP contribution in [-0.2, 0) is 15.1 Å². The SMILES string of the molecule is Cc1cc(C(C)(O)CNC(=O)C2CCCO2)c(C)o1. The van der Waals surface area contributed by atoms with E-state index in [9.17, 15) is 9.90 Å². The Labute approximate surface area is 112 Å². The molecular weight excluding hydrogens is 246 g/mol. The Morgan fingerprint density at radius 1 is 1.58 bits per heavy atom. The number of rotatable bonds is 4. The quantitative estimate of drug-likeness (QED) is 0.865. The lowest BCUT2D eigenvalue weighted by Gasteiger charge is -2.24. The van der Waals surface area contributed by atoms with E-state index >= 15 is 0 Å². The number of ether oxygens (including phenoxy) is 1. The summed E-state index contributed by atoms with van der Waals surface area (Å²) in [5.74, 6) is 1.27. The van der Waals surface area contributed by atoms with Crippen LogP contribution in [0.4, 0.5) is 0 Å². The van der Waals surface area contributed by atoms with Crippen LogP contribution in [0.25, 0.3) is 0 Å². The summed E-state index contributed by atoms with van der Waals surface area (Å²) in [6.45, 7) is 6.08. The molecular formula is C14H21NO4. The van der Waals surface area contributed by atoms with Gasteiger partial charge < -0.3 is 19.6 Å². The summed E-state index contributed by atoms with van der Waals surface area (Å²) in [5.41, 5.74) is -0.437. The number of furan rings is 1. The van der Waals surface area contributed by atoms with Crippen LogP contribution in [0.1, 0.15) is 36.8 Å². The number of nitrogens with one attached hydrogen (secondary N) is 1. The molecule has 1 aromatic heterocycles. The van der Waals surface area contributed by atoms with Gasteiger partial charge in [-0.15, -0.1) is 0 Å². The van der Waals surface area contributed by atoms with Gasteiger partial charge in [0.25, 0.3) is 0 Å². The Morgan fingerprint density at radius 2 is 2.32 bits per heavy atom. The molecule has 1 aliphatic rings. The maximum Gasteiger partial charge on any atom is 0.249 e. The predicted octanol–water partition coefficient (Wildman–Crippen LogP) is 1.40. The van der Waals surface area contributed by atoms with Gasteiger partial charge in [0.15, 0.2) is 0 Å². The first-order valence-electron chi connectivity index (χ1n) is 6.59. The molecule has 2 N–H and O–H groups in total. The molecule has 0 radical (unpaired) electrons. The molecule has 2 atom stereocenters. The number of hydrogen-bond acceptors (Lipinski definition) is 4. The lowest BCUT2D eigenvalue weighted by Crippen LogP contribution is -2.42. The maximum atomic E-state index is 11.8. The van der Waals surface area contributed by atoms with Gasteiger partial charge in [0.2, 0.25) is 5.91 Å². The zero-order chi connectivity index (χ0) is 14.0. The van der Waals surface area contributed by atoms with Crippen LogP contribution in [0.15, 0.2) is 10.5 Å². The number of carbonyl (C=O) groups excluding carboxylic acids is 1. The third-order valence-electron chi connectivity index (χ3n) is 3.45. The fourth-order valence-electron chi connectivity index (χ4n) is 2.42. The third kappa shape index (κ3) is 3.16. The van der Waals surface area contributed by atoms with E-state index in [0.29, 0.717) is 17.9 Å². The molecule has 5 nitrogen and oxygen atoms in total. The summed E-state index contributed by atoms with van der Waals surface area (Å²) in [6, 6.07) is 1.80. The summed E-state index contributed by atoms with van der Waals surface area (Å²) in [5, 5.41) is 13.2. The van der Waals surface area contributed by atoms with Crippen molar-refractivity contribution in [1.82, 2.24) is 5.32 Å². The van der Waals surface area contributed by atoms with Gasteiger partial charge in [0.05, 0.1) is 6.54 Å². The Balaban J connectivity index is 1.97. The van der Waals surface area contributed by atoms with Gasteiger partial charge in [0, 0.05) is 12.2 Å². The molecule has 0 aliphatic carbocycles. The molecule has 106 valence electrons. The normalized spacial score (nSPS) is 22.2. The highest BCUT2D eigenvalue weighted by Gasteiger charge is 2.30. The number of hydrogen-bond donors (Lipinski definition) is 2. The van der Waals surface area contributed by atoms with Gasteiger partial charge >= 0.3 is 0 Å². The first kappa shape index (κ1) is 14.1. The van der Waals surface area contributed by atoms with E-state index in [4.69, 9.17) is 9.15 Å². The zero-order valence-corrected chi connectivity index (χ0v) is 11.7. The molecule has 1 aromatic rings. The van der Waals surface area contributed by atoms with E-state index in [1.165, 1.54) is 0 Å². The number of carbonyl (C=O) groups is 1. The average Bonchev–Trinajstić information content (AvgIpc) is 2.96. The van der Waals surface area contributed by atoms with Crippen LogP contribution in [0.5, 0.6) is 0 Å². The van der Waals surface area contributed by atoms with E-state index in [1.807, 2.05) is 6.92 Å². The van der Waals surface area contributed by atoms with Crippen molar-refractivity contribution < 1.29 is 19.1 Å². The van der Waals surface area contributed by atoms with E-state index in [2.05, 4.69) is 5.32 Å². The van der Waals surface area contributed by atoms with Crippen molar-refractivity contribution in [3.63, 3.8) is 0 Å². The smallest absolute Gasteiger partial charge is 0.249 e. The maximum absolute atomic E-state index is 11.8. The molecule has 1 saturated heterocycles. The van der Waals surface area contributed by atoms with Gasteiger partial charge in [-0.05, 0) is 39.7 Å². The second-order valence-electron chi connectivity index (χ2n) is 5.32. The summed E-state index contributed by atoms with van der Waals surface area (Å²) in [7, 11) is 0. The van der Waals surface area contributed by atoms with E-state index in [0.717, 1.165) is 18.6 Å². The van der Waals surface area contributed by atoms with Gasteiger partial charge in [-0.3, -0.25) is 4.79 Å². The first-order valence-corrected chi connectivity index (χ1v) is 6.59. The molecule has 2 heterocycles. The van der Waals surface area contributed by atoms with Gasteiger partial charge in [-0.25, -0.2) is 0 Å². The monoisotopic (exact) mass is 267 g/mol. The van der Waals surface area contributed by atoms with Crippen LogP contribution in [0.3, 0.4) is 0 Å². The summed E-state index contributed by atoms with van der Waals surface area (Å²) in [4.78, 5) is 11.8. The second kappa shape index (κ2) is 5.35. The number of aliphatic hydroxyl groups is 1. The lowest BCUT2D eigenvalue weighted by atomic mass is 9.96. The molecule has 0 bridgehead atoms. The van der Waals surface area contributed by atoms with Crippen molar-refractivity contribution in [1.29, 1.82) is 0 Å². The molecule has 5 heteroatoms. The lowest BCUT2D eigenvalue weighted by molar-refractivity contribution is -0.131. The predicted molar refractivity (Wildman–Crippen MR) is 69.7 cm³/mol. The molecule has 19 heavy (non-hydrogen) atoms. The Morgan fingerprint density at radius 3 is 2.84 bits per heavy atom. The molecule has 2 rings (SSSR count). The van der Waals surface area contributed by atoms with Gasteiger partial charge in [-0.2, -0.15) is 0 Å². The van der Waals surface area contributed by atoms with Crippen molar-refractivity contribution in [2.75, 3.05) is 13.2 Å². The van der Waals surface area contributed by atoms with Crippen LogP contribution < -0.4 is 5.32 Å². The molecule has 1 aliphatic heterocycles. The third-order valence-corrected chi connectivity index (χ3v) is 3.45. The van der Waals surface area contributed by atoms with Gasteiger partial charge in [-0.1, -0.05) is 0 Å². The summed E-state index contributed by atoms with van der Waals surface area (Å²) < 4.78 is 10.7. The Hall–Kier alpha value is -1.33. The van der Waals surface area contributed by atoms with Crippen molar-refractivity contribution in [2.24, 2.45) is 0 Å². The van der Waals surface area contributed by atoms with Crippen LogP contribution in [-0.4, -0.2) is 30.3 Å². The zero-order valence-electron chi connectivity index (χ0n) is 11.7. The average molecular weight is 267 g/mol.